The molecule has 3 amide bonds. The Labute approximate surface area is 340 Å². The molecule has 17 heteroatoms. The van der Waals surface area contributed by atoms with Crippen LogP contribution in [0, 0.1) is 28.6 Å². The van der Waals surface area contributed by atoms with Crippen LogP contribution in [-0.4, -0.2) is 105 Å². The second-order valence-electron chi connectivity index (χ2n) is 18.1. The van der Waals surface area contributed by atoms with Crippen molar-refractivity contribution in [1.82, 2.24) is 16.0 Å². The molecule has 1 saturated heterocycles. The van der Waals surface area contributed by atoms with Gasteiger partial charge in [0, 0.05) is 48.0 Å². The molecule has 1 aliphatic heterocycles. The topological polar surface area (TPSA) is 262 Å². The number of hydrogen-bond donors (Lipinski definition) is 7. The lowest BCUT2D eigenvalue weighted by Crippen LogP contribution is -2.81. The summed E-state index contributed by atoms with van der Waals surface area (Å²) in [7, 11) is 0. The van der Waals surface area contributed by atoms with Gasteiger partial charge in [-0.1, -0.05) is 37.6 Å². The number of ketones is 2. The summed E-state index contributed by atoms with van der Waals surface area (Å²) >= 11 is 0. The zero-order valence-corrected chi connectivity index (χ0v) is 33.1. The molecule has 0 radical (unpaired) electrons. The molecule has 6 saturated carbocycles. The Morgan fingerprint density at radius 2 is 1.80 bits per heavy atom. The Balaban J connectivity index is 0.893. The summed E-state index contributed by atoms with van der Waals surface area (Å²) in [6, 6.07) is 6.05. The van der Waals surface area contributed by atoms with Gasteiger partial charge in [0.25, 0.3) is 0 Å². The number of nitrogens with two attached hydrogens (primary N) is 1. The van der Waals surface area contributed by atoms with E-state index in [1.807, 2.05) is 13.0 Å². The van der Waals surface area contributed by atoms with Gasteiger partial charge in [0.05, 0.1) is 24.3 Å². The highest BCUT2D eigenvalue weighted by Crippen LogP contribution is 2.70. The lowest BCUT2D eigenvalue weighted by molar-refractivity contribution is -0.204. The number of rotatable bonds is 15. The number of carboxylic acids is 1. The summed E-state index contributed by atoms with van der Waals surface area (Å²) in [5.41, 5.74) is -2.14. The second kappa shape index (κ2) is 14.9. The van der Waals surface area contributed by atoms with E-state index in [9.17, 15) is 44.1 Å². The van der Waals surface area contributed by atoms with Gasteiger partial charge in [0.15, 0.2) is 23.5 Å². The minimum Gasteiger partial charge on any atom is -0.487 e. The average molecular weight is 821 g/mol. The molecule has 0 unspecified atom stereocenters. The number of benzene rings is 1. The first kappa shape index (κ1) is 41.2. The van der Waals surface area contributed by atoms with E-state index in [0.717, 1.165) is 18.4 Å². The third kappa shape index (κ3) is 6.79. The van der Waals surface area contributed by atoms with Gasteiger partial charge >= 0.3 is 5.97 Å². The quantitative estimate of drug-likeness (QED) is 0.121. The maximum atomic E-state index is 13.9. The number of aliphatic carboxylic acids is 1. The van der Waals surface area contributed by atoms with Crippen molar-refractivity contribution in [3.8, 4) is 5.75 Å². The van der Waals surface area contributed by atoms with E-state index in [0.29, 0.717) is 37.0 Å². The summed E-state index contributed by atoms with van der Waals surface area (Å²) in [5.74, 6) is 1.84. The normalized spacial score (nSPS) is 38.8. The Morgan fingerprint density at radius 3 is 2.47 bits per heavy atom. The number of nitrogens with one attached hydrogen (secondary N) is 3. The van der Waals surface area contributed by atoms with Crippen molar-refractivity contribution in [1.29, 1.82) is 0 Å². The molecule has 9 rings (SSSR count). The number of aliphatic hydroxyl groups is 2. The zero-order chi connectivity index (χ0) is 42.1. The van der Waals surface area contributed by atoms with Crippen LogP contribution in [0.3, 0.4) is 0 Å². The van der Waals surface area contributed by atoms with Crippen LogP contribution in [0.4, 0.5) is 0 Å². The van der Waals surface area contributed by atoms with Crippen LogP contribution in [0.25, 0.3) is 0 Å². The van der Waals surface area contributed by atoms with Crippen LogP contribution < -0.4 is 26.6 Å². The molecule has 1 aromatic carbocycles. The van der Waals surface area contributed by atoms with Gasteiger partial charge in [0.1, 0.15) is 30.6 Å². The summed E-state index contributed by atoms with van der Waals surface area (Å²) < 4.78 is 19.7. The van der Waals surface area contributed by atoms with Gasteiger partial charge < -0.3 is 45.5 Å². The van der Waals surface area contributed by atoms with Crippen molar-refractivity contribution >= 4 is 35.3 Å². The number of carbonyl (C=O) groups excluding carboxylic acids is 5. The number of aliphatic hydroxyl groups excluding tert-OH is 2. The Kier molecular flexibility index (Phi) is 10.4. The molecule has 2 bridgehead atoms. The zero-order valence-electron chi connectivity index (χ0n) is 33.1. The van der Waals surface area contributed by atoms with E-state index in [-0.39, 0.29) is 42.8 Å². The van der Waals surface area contributed by atoms with E-state index < -0.39 is 101 Å². The van der Waals surface area contributed by atoms with Gasteiger partial charge in [-0.25, -0.2) is 5.90 Å². The smallest absolute Gasteiger partial charge is 0.303 e. The van der Waals surface area contributed by atoms with Crippen LogP contribution in [0.1, 0.15) is 83.5 Å². The standard InChI is InChI=1S/C42H52N4O13/c1-38-12-11-24(48)13-23(38)5-8-26-27-14-31-42(30(50)17-47,39(27,2)15-29(49)35(26)38)59-37(57-31)22-3-6-25(7-4-22)58-41-19-40(20-41,21-41)46-36(55)28(9-10-34(53)54)45-32(51)16-44-33(52)18-56-43/h3-4,6-7,11-13,26-29,31,35,37,47,49H,5,8-10,14-21,43H2,1-2H3,(H,44,52)(H,45,51)(H,46,55)(H,53,54)/t26-,27-,28-,29-,31+,35+,37+,38-,39-,40?,41?,42+/m0/s1. The maximum absolute atomic E-state index is 13.9. The lowest BCUT2D eigenvalue weighted by atomic mass is 9.46. The molecule has 8 aliphatic rings. The highest BCUT2D eigenvalue weighted by molar-refractivity contribution is 6.01. The molecule has 1 heterocycles. The summed E-state index contributed by atoms with van der Waals surface area (Å²) in [6.45, 7) is 2.45. The van der Waals surface area contributed by atoms with E-state index in [4.69, 9.17) is 20.1 Å². The van der Waals surface area contributed by atoms with Crippen molar-refractivity contribution in [2.24, 2.45) is 34.5 Å². The van der Waals surface area contributed by atoms with Crippen LogP contribution in [-0.2, 0) is 43.1 Å². The summed E-state index contributed by atoms with van der Waals surface area (Å²) in [4.78, 5) is 78.8. The maximum Gasteiger partial charge on any atom is 0.303 e. The highest BCUT2D eigenvalue weighted by atomic mass is 16.7. The molecule has 0 spiro atoms. The highest BCUT2D eigenvalue weighted by Gasteiger charge is 2.76. The molecule has 10 atom stereocenters. The molecule has 1 aromatic rings. The molecule has 59 heavy (non-hydrogen) atoms. The molecule has 17 nitrogen and oxygen atoms in total. The van der Waals surface area contributed by atoms with Crippen molar-refractivity contribution in [3.63, 3.8) is 0 Å². The van der Waals surface area contributed by atoms with Gasteiger partial charge in [-0.15, -0.1) is 0 Å². The van der Waals surface area contributed by atoms with Crippen molar-refractivity contribution in [3.05, 3.63) is 53.6 Å². The van der Waals surface area contributed by atoms with Crippen LogP contribution >= 0.6 is 0 Å². The van der Waals surface area contributed by atoms with Gasteiger partial charge in [-0.05, 0) is 68.2 Å². The predicted molar refractivity (Wildman–Crippen MR) is 203 cm³/mol. The summed E-state index contributed by atoms with van der Waals surface area (Å²) in [5, 5.41) is 39.2. The minimum absolute atomic E-state index is 0.0234. The molecule has 7 aliphatic carbocycles. The number of carbonyl (C=O) groups is 6. The minimum atomic E-state index is -1.47. The monoisotopic (exact) mass is 820 g/mol. The molecule has 7 fully saturated rings. The Hall–Kier alpha value is -4.52. The van der Waals surface area contributed by atoms with E-state index in [1.165, 1.54) is 0 Å². The lowest BCUT2D eigenvalue weighted by Gasteiger charge is -2.69. The first-order valence-corrected chi connectivity index (χ1v) is 20.3. The molecule has 0 aromatic heterocycles. The third-order valence-corrected chi connectivity index (χ3v) is 14.6. The van der Waals surface area contributed by atoms with Gasteiger partial charge in [-0.2, -0.15) is 0 Å². The van der Waals surface area contributed by atoms with Crippen molar-refractivity contribution in [2.45, 2.75) is 113 Å². The molecule has 318 valence electrons. The number of carboxylic acid groups (broad SMARTS) is 1. The number of fused-ring (bicyclic) bond motifs is 7. The molecular weight excluding hydrogens is 768 g/mol. The second-order valence-corrected chi connectivity index (χ2v) is 18.1. The van der Waals surface area contributed by atoms with Crippen molar-refractivity contribution in [2.75, 3.05) is 19.8 Å². The number of Topliss-reactive ketones (excluding diaryl/α,β-unsaturated/α-hetero) is 1. The first-order chi connectivity index (χ1) is 28.0. The van der Waals surface area contributed by atoms with E-state index in [2.05, 4.69) is 27.7 Å². The fraction of sp³-hybridized carbons (Fsp3) is 0.619. The largest absolute Gasteiger partial charge is 0.487 e. The third-order valence-electron chi connectivity index (χ3n) is 14.6. The van der Waals surface area contributed by atoms with Crippen LogP contribution in [0.2, 0.25) is 0 Å². The fourth-order valence-electron chi connectivity index (χ4n) is 12.1. The average Bonchev–Trinajstić information content (AvgIpc) is 3.67. The summed E-state index contributed by atoms with van der Waals surface area (Å²) in [6.07, 6.45) is 6.23. The molecule has 8 N–H and O–H groups in total. The van der Waals surface area contributed by atoms with Crippen LogP contribution in [0.5, 0.6) is 5.75 Å². The number of allylic oxidation sites excluding steroid dienone is 4. The number of amides is 3. The number of hydrogen-bond acceptors (Lipinski definition) is 13. The van der Waals surface area contributed by atoms with Gasteiger partial charge in [-0.3, -0.25) is 33.6 Å². The Bertz CT molecular complexity index is 1980. The van der Waals surface area contributed by atoms with Gasteiger partial charge in [0.2, 0.25) is 17.7 Å². The van der Waals surface area contributed by atoms with E-state index in [1.54, 1.807) is 36.4 Å². The SMILES string of the molecule is C[C@]12C=CC(=O)C=C1CC[C@@H]1[C@@H]2[C@@H](O)C[C@@]2(C)[C@H]1C[C@H]1O[C@@H](c3ccc(OC45CC(NC(=O)[C@H](CCC(=O)O)NC(=O)CNC(=O)CON)(C4)C5)cc3)O[C@]12C(=O)CO. The van der Waals surface area contributed by atoms with Crippen molar-refractivity contribution < 1.29 is 63.1 Å². The predicted octanol–water partition coefficient (Wildman–Crippen LogP) is 0.816. The van der Waals surface area contributed by atoms with E-state index >= 15 is 0 Å². The first-order valence-electron chi connectivity index (χ1n) is 20.3. The Morgan fingerprint density at radius 1 is 1.07 bits per heavy atom. The molecular formula is C42H52N4O13. The number of ether oxygens (including phenoxy) is 3. The van der Waals surface area contributed by atoms with Crippen LogP contribution in [0.15, 0.2) is 48.1 Å². The fourth-order valence-corrected chi connectivity index (χ4v) is 12.1.